The van der Waals surface area contributed by atoms with Gasteiger partial charge in [-0.15, -0.1) is 22.7 Å². The minimum Gasteiger partial charge on any atom is -0.247 e. The molecule has 4 aromatic heterocycles. The highest BCUT2D eigenvalue weighted by molar-refractivity contribution is 7.27. The summed E-state index contributed by atoms with van der Waals surface area (Å²) in [5.74, 6) is 0.702. The number of fused-ring (bicyclic) bond motifs is 8. The third-order valence-electron chi connectivity index (χ3n) is 9.11. The van der Waals surface area contributed by atoms with Crippen molar-refractivity contribution in [3.63, 3.8) is 0 Å². The summed E-state index contributed by atoms with van der Waals surface area (Å²) in [6.45, 7) is 0. The summed E-state index contributed by atoms with van der Waals surface area (Å²) >= 11 is 3.66. The summed E-state index contributed by atoms with van der Waals surface area (Å²) in [5.41, 5.74) is 8.07. The van der Waals surface area contributed by atoms with Gasteiger partial charge in [-0.3, -0.25) is 0 Å². The lowest BCUT2D eigenvalue weighted by molar-refractivity contribution is 1.19. The monoisotopic (exact) mass is 647 g/mol. The summed E-state index contributed by atoms with van der Waals surface area (Å²) in [7, 11) is 0. The second kappa shape index (κ2) is 10.9. The van der Waals surface area contributed by atoms with E-state index < -0.39 is 0 Å². The summed E-state index contributed by atoms with van der Waals surface area (Å²) in [6, 6.07) is 53.4. The molecule has 3 nitrogen and oxygen atoms in total. The molecule has 4 heterocycles. The van der Waals surface area contributed by atoms with E-state index in [0.29, 0.717) is 5.82 Å². The molecule has 0 unspecified atom stereocenters. The van der Waals surface area contributed by atoms with Crippen LogP contribution in [0.25, 0.3) is 96.4 Å². The highest BCUT2D eigenvalue weighted by Crippen LogP contribution is 2.43. The molecule has 0 aliphatic carbocycles. The Balaban J connectivity index is 1.15. The summed E-state index contributed by atoms with van der Waals surface area (Å²) in [6.07, 6.45) is 0. The molecular weight excluding hydrogens is 623 g/mol. The van der Waals surface area contributed by atoms with E-state index in [1.54, 1.807) is 0 Å². The van der Waals surface area contributed by atoms with Gasteiger partial charge in [0.25, 0.3) is 0 Å². The molecule has 224 valence electrons. The van der Waals surface area contributed by atoms with Gasteiger partial charge in [0.05, 0.1) is 22.6 Å². The Kier molecular flexibility index (Phi) is 6.22. The molecule has 0 N–H and O–H groups in total. The smallest absolute Gasteiger partial charge is 0.160 e. The molecule has 0 saturated heterocycles. The van der Waals surface area contributed by atoms with Crippen LogP contribution >= 0.6 is 22.7 Å². The van der Waals surface area contributed by atoms with Crippen LogP contribution in [0.1, 0.15) is 0 Å². The van der Waals surface area contributed by atoms with Crippen molar-refractivity contribution in [1.82, 2.24) is 15.0 Å². The van der Waals surface area contributed by atoms with Crippen molar-refractivity contribution in [2.24, 2.45) is 0 Å². The molecule has 10 aromatic rings. The van der Waals surface area contributed by atoms with Crippen LogP contribution in [0.3, 0.4) is 0 Å². The summed E-state index contributed by atoms with van der Waals surface area (Å²) < 4.78 is 5.07. The van der Waals surface area contributed by atoms with E-state index in [0.717, 1.165) is 44.9 Å². The van der Waals surface area contributed by atoms with Crippen LogP contribution in [0.5, 0.6) is 0 Å². The Morgan fingerprint density at radius 3 is 1.85 bits per heavy atom. The molecule has 0 fully saturated rings. The van der Waals surface area contributed by atoms with Crippen molar-refractivity contribution in [3.05, 3.63) is 152 Å². The van der Waals surface area contributed by atoms with Crippen LogP contribution in [0.4, 0.5) is 0 Å². The first kappa shape index (κ1) is 27.4. The standard InChI is InChI=1S/C43H25N3S2/c1-2-11-26(12-3-1)35-25-36(32-17-10-16-30-29-13-5-8-19-37(29)47-41(30)32)46-43(45-35)28-23-21-27(22-24-28)40-39-33-15-6-9-20-38(33)48-42(39)31-14-4-7-18-34(31)44-40/h1-25H. The second-order valence-electron chi connectivity index (χ2n) is 12.0. The van der Waals surface area contributed by atoms with Crippen LogP contribution in [0.2, 0.25) is 0 Å². The van der Waals surface area contributed by atoms with Crippen molar-refractivity contribution < 1.29 is 0 Å². The zero-order valence-corrected chi connectivity index (χ0v) is 27.2. The molecule has 0 atom stereocenters. The number of benzene rings is 6. The maximum Gasteiger partial charge on any atom is 0.160 e. The largest absolute Gasteiger partial charge is 0.247 e. The van der Waals surface area contributed by atoms with Gasteiger partial charge in [0.1, 0.15) is 0 Å². The van der Waals surface area contributed by atoms with Gasteiger partial charge in [-0.05, 0) is 24.3 Å². The quantitative estimate of drug-likeness (QED) is 0.191. The normalized spacial score (nSPS) is 11.8. The lowest BCUT2D eigenvalue weighted by Crippen LogP contribution is -1.96. The lowest BCUT2D eigenvalue weighted by atomic mass is 10.0. The zero-order valence-electron chi connectivity index (χ0n) is 25.6. The third kappa shape index (κ3) is 4.36. The molecule has 0 aliphatic rings. The van der Waals surface area contributed by atoms with Crippen molar-refractivity contribution in [3.8, 4) is 45.2 Å². The molecule has 0 aliphatic heterocycles. The molecule has 0 spiro atoms. The highest BCUT2D eigenvalue weighted by Gasteiger charge is 2.18. The van der Waals surface area contributed by atoms with Crippen LogP contribution in [0, 0.1) is 0 Å². The number of hydrogen-bond acceptors (Lipinski definition) is 5. The van der Waals surface area contributed by atoms with Gasteiger partial charge in [-0.1, -0.05) is 127 Å². The molecule has 0 radical (unpaired) electrons. The average molecular weight is 648 g/mol. The number of rotatable bonds is 4. The molecule has 5 heteroatoms. The Morgan fingerprint density at radius 1 is 0.396 bits per heavy atom. The minimum atomic E-state index is 0.702. The number of para-hydroxylation sites is 1. The molecule has 0 amide bonds. The van der Waals surface area contributed by atoms with E-state index in [-0.39, 0.29) is 0 Å². The van der Waals surface area contributed by atoms with Crippen LogP contribution in [0.15, 0.2) is 152 Å². The first-order valence-electron chi connectivity index (χ1n) is 15.9. The Bertz CT molecular complexity index is 2830. The first-order chi connectivity index (χ1) is 23.8. The molecule has 48 heavy (non-hydrogen) atoms. The highest BCUT2D eigenvalue weighted by atomic mass is 32.1. The van der Waals surface area contributed by atoms with Crippen molar-refractivity contribution >= 4 is 73.9 Å². The maximum absolute atomic E-state index is 5.23. The van der Waals surface area contributed by atoms with E-state index in [1.165, 1.54) is 45.7 Å². The van der Waals surface area contributed by atoms with Gasteiger partial charge in [-0.2, -0.15) is 0 Å². The van der Waals surface area contributed by atoms with Gasteiger partial charge in [0, 0.05) is 68.0 Å². The fourth-order valence-corrected chi connectivity index (χ4v) is 9.28. The number of nitrogens with zero attached hydrogens (tertiary/aromatic N) is 3. The van der Waals surface area contributed by atoms with Gasteiger partial charge in [-0.25, -0.2) is 15.0 Å². The Hall–Kier alpha value is -5.75. The molecule has 0 saturated carbocycles. The maximum atomic E-state index is 5.23. The Morgan fingerprint density at radius 2 is 1.02 bits per heavy atom. The number of thiophene rings is 2. The molecular formula is C43H25N3S2. The fraction of sp³-hybridized carbons (Fsp3) is 0. The zero-order chi connectivity index (χ0) is 31.6. The predicted octanol–water partition coefficient (Wildman–Crippen LogP) is 12.4. The van der Waals surface area contributed by atoms with Crippen molar-refractivity contribution in [1.29, 1.82) is 0 Å². The second-order valence-corrected chi connectivity index (χ2v) is 14.1. The van der Waals surface area contributed by atoms with Gasteiger partial charge >= 0.3 is 0 Å². The van der Waals surface area contributed by atoms with Crippen molar-refractivity contribution in [2.45, 2.75) is 0 Å². The van der Waals surface area contributed by atoms with E-state index in [1.807, 2.05) is 28.7 Å². The van der Waals surface area contributed by atoms with Crippen LogP contribution in [-0.2, 0) is 0 Å². The van der Waals surface area contributed by atoms with Crippen LogP contribution in [-0.4, -0.2) is 15.0 Å². The number of hydrogen-bond donors (Lipinski definition) is 0. The topological polar surface area (TPSA) is 38.7 Å². The third-order valence-corrected chi connectivity index (χ3v) is 11.5. The molecule has 0 bridgehead atoms. The van der Waals surface area contributed by atoms with E-state index >= 15 is 0 Å². The predicted molar refractivity (Wildman–Crippen MR) is 205 cm³/mol. The lowest BCUT2D eigenvalue weighted by Gasteiger charge is -2.11. The SMILES string of the molecule is c1ccc(-c2cc(-c3cccc4c3sc3ccccc34)nc(-c3ccc(-c4nc5ccccc5c5sc6ccccc6c45)cc3)n2)cc1. The molecule has 10 rings (SSSR count). The van der Waals surface area contributed by atoms with Gasteiger partial charge in [0.2, 0.25) is 0 Å². The first-order valence-corrected chi connectivity index (χ1v) is 17.6. The van der Waals surface area contributed by atoms with E-state index in [4.69, 9.17) is 15.0 Å². The van der Waals surface area contributed by atoms with Crippen LogP contribution < -0.4 is 0 Å². The fourth-order valence-electron chi connectivity index (χ4n) is 6.82. The molecule has 6 aromatic carbocycles. The van der Waals surface area contributed by atoms with E-state index in [2.05, 4.69) is 146 Å². The van der Waals surface area contributed by atoms with Gasteiger partial charge in [0.15, 0.2) is 5.82 Å². The average Bonchev–Trinajstić information content (AvgIpc) is 3.74. The number of pyridine rings is 1. The van der Waals surface area contributed by atoms with Crippen molar-refractivity contribution in [2.75, 3.05) is 0 Å². The summed E-state index contributed by atoms with van der Waals surface area (Å²) in [5, 5.41) is 6.19. The van der Waals surface area contributed by atoms with E-state index in [9.17, 15) is 0 Å². The van der Waals surface area contributed by atoms with Gasteiger partial charge < -0.3 is 0 Å². The minimum absolute atomic E-state index is 0.702. The summed E-state index contributed by atoms with van der Waals surface area (Å²) in [4.78, 5) is 15.6. The Labute approximate surface area is 284 Å². The number of aromatic nitrogens is 3.